The summed E-state index contributed by atoms with van der Waals surface area (Å²) in [6.45, 7) is 120. The molecule has 0 aliphatic rings. The maximum absolute atomic E-state index is 4.72. The van der Waals surface area contributed by atoms with Crippen LogP contribution in [0.2, 0.25) is 0 Å². The highest BCUT2D eigenvalue weighted by Gasteiger charge is 2.31. The Morgan fingerprint density at radius 2 is 0.449 bits per heavy atom. The van der Waals surface area contributed by atoms with Crippen molar-refractivity contribution in [1.82, 2.24) is 70.2 Å². The zero-order valence-electron chi connectivity index (χ0n) is 92.0. The lowest BCUT2D eigenvalue weighted by atomic mass is 9.75. The molecule has 2 aromatic carbocycles. The van der Waals surface area contributed by atoms with Crippen LogP contribution in [0.4, 0.5) is 0 Å². The molecule has 0 amide bonds. The number of hydrogen-bond donors (Lipinski definition) is 0. The third-order valence-electron chi connectivity index (χ3n) is 19.6. The van der Waals surface area contributed by atoms with Crippen LogP contribution in [-0.4, -0.2) is 70.2 Å². The molecule has 14 nitrogen and oxygen atoms in total. The number of pyridine rings is 2. The van der Waals surface area contributed by atoms with E-state index in [2.05, 4.69) is 525 Å². The fourth-order valence-corrected chi connectivity index (χ4v) is 11.0. The number of rotatable bonds is 0. The zero-order valence-corrected chi connectivity index (χ0v) is 92.0. The maximum atomic E-state index is 4.72. The van der Waals surface area contributed by atoms with Crippen LogP contribution in [0.1, 0.15) is 477 Å². The molecule has 0 saturated carbocycles. The summed E-state index contributed by atoms with van der Waals surface area (Å²) in [5.74, 6) is 1.62. The molecule has 14 heteroatoms. The summed E-state index contributed by atoms with van der Waals surface area (Å²) in [7, 11) is 0. The first-order chi connectivity index (χ1) is 56.3. The van der Waals surface area contributed by atoms with Crippen molar-refractivity contribution in [3.05, 3.63) is 237 Å². The Bertz CT molecular complexity index is 3990. The van der Waals surface area contributed by atoms with Crippen LogP contribution in [-0.2, 0) is 92.1 Å². The third kappa shape index (κ3) is 46.9. The molecule has 0 bridgehead atoms. The fourth-order valence-electron chi connectivity index (χ4n) is 11.0. The second-order valence-electron chi connectivity index (χ2n) is 53.2. The quantitative estimate of drug-likeness (QED) is 0.140. The molecular weight excluding hydrogens is 1550 g/mol. The van der Waals surface area contributed by atoms with Gasteiger partial charge in [-0.1, -0.05) is 441 Å². The van der Waals surface area contributed by atoms with Gasteiger partial charge in [-0.05, 0) is 89.5 Å². The lowest BCUT2D eigenvalue weighted by molar-refractivity contribution is 0.469. The standard InChI is InChI=1S/2C14H22.2C13H21N.2C12H20N2.2C11H19N3.C8H12N2.C5H12/c1-13(2,3)11-7-9-12(10-8-11)14(4,5)6;1-13(2,3)11-9-7-8-10-12(11)14(4,5)6;1-12(2,3)10-7-8-11(14-9-10)13(4,5)6;1-12(2,3)10-8-7-9-11(14-10)13(4,5)6;1-11(2,3)9-7-13-8-10(14-9)12(4,5)6;1-11(2,3)9-10(12(4,5)6)14-8-7-13-9;2*1-10(2,3)8-7-12-14-9(13-8)11(4,5)6;1-8(2,3)7-4-9-6-10-5-7;1-5(2,3)4/h2*7-10H,1-6H3;2*7-9H,1-6H3;2*7-8H,1-6H3;2*7H,1-6H3;4-6H,1-3H3;1-4H3. The molecule has 7 aromatic heterocycles. The molecule has 0 N–H and O–H groups in total. The van der Waals surface area contributed by atoms with Gasteiger partial charge in [0.1, 0.15) is 6.33 Å². The average molecular weight is 1740 g/mol. The van der Waals surface area contributed by atoms with Gasteiger partial charge in [-0.3, -0.25) is 29.9 Å². The van der Waals surface area contributed by atoms with Crippen LogP contribution in [0, 0.1) is 5.41 Å². The van der Waals surface area contributed by atoms with E-state index in [0.717, 1.165) is 51.5 Å². The van der Waals surface area contributed by atoms with Gasteiger partial charge in [-0.25, -0.2) is 19.9 Å². The van der Waals surface area contributed by atoms with Gasteiger partial charge >= 0.3 is 0 Å². The van der Waals surface area contributed by atoms with Crippen molar-refractivity contribution in [2.45, 2.75) is 473 Å². The molecule has 0 atom stereocenters. The van der Waals surface area contributed by atoms with Crippen molar-refractivity contribution >= 4 is 0 Å². The van der Waals surface area contributed by atoms with Crippen LogP contribution in [0.3, 0.4) is 0 Å². The molecule has 0 saturated heterocycles. The lowest BCUT2D eigenvalue weighted by Gasteiger charge is -2.29. The maximum Gasteiger partial charge on any atom is 0.156 e. The van der Waals surface area contributed by atoms with Crippen LogP contribution >= 0.6 is 0 Å². The van der Waals surface area contributed by atoms with E-state index in [-0.39, 0.29) is 92.1 Å². The summed E-state index contributed by atoms with van der Waals surface area (Å²) in [4.78, 5) is 44.0. The monoisotopic (exact) mass is 1740 g/mol. The summed E-state index contributed by atoms with van der Waals surface area (Å²) < 4.78 is 0. The van der Waals surface area contributed by atoms with E-state index in [1.807, 2.05) is 31.0 Å². The minimum atomic E-state index is -0.0335. The summed E-state index contributed by atoms with van der Waals surface area (Å²) in [6, 6.07) is 28.4. The Hall–Kier alpha value is -8.00. The summed E-state index contributed by atoms with van der Waals surface area (Å²) in [5.41, 5.74) is 20.6. The molecule has 0 fully saturated rings. The van der Waals surface area contributed by atoms with E-state index >= 15 is 0 Å². The van der Waals surface area contributed by atoms with E-state index in [0.29, 0.717) is 5.41 Å². The minimum Gasteiger partial charge on any atom is -0.261 e. The van der Waals surface area contributed by atoms with Gasteiger partial charge in [0.15, 0.2) is 11.6 Å². The molecule has 710 valence electrons. The van der Waals surface area contributed by atoms with E-state index < -0.39 is 0 Å². The molecule has 0 aliphatic carbocycles. The first kappa shape index (κ1) is 119. The highest BCUT2D eigenvalue weighted by Crippen LogP contribution is 2.36. The first-order valence-corrected chi connectivity index (χ1v) is 46.3. The summed E-state index contributed by atoms with van der Waals surface area (Å²) in [6.07, 6.45) is 18.0. The largest absolute Gasteiger partial charge is 0.261 e. The van der Waals surface area contributed by atoms with Crippen molar-refractivity contribution in [2.24, 2.45) is 5.41 Å². The topological polar surface area (TPSA) is 180 Å². The number of benzene rings is 2. The van der Waals surface area contributed by atoms with Gasteiger partial charge < -0.3 is 0 Å². The van der Waals surface area contributed by atoms with E-state index in [1.54, 1.807) is 31.1 Å². The van der Waals surface area contributed by atoms with Crippen molar-refractivity contribution < 1.29 is 0 Å². The van der Waals surface area contributed by atoms with Crippen molar-refractivity contribution in [3.8, 4) is 0 Å². The smallest absolute Gasteiger partial charge is 0.156 e. The number of aromatic nitrogens is 14. The first-order valence-electron chi connectivity index (χ1n) is 46.3. The molecule has 0 spiro atoms. The predicted molar refractivity (Wildman–Crippen MR) is 550 cm³/mol. The predicted octanol–water partition coefficient (Wildman–Crippen LogP) is 30.8. The van der Waals surface area contributed by atoms with Gasteiger partial charge in [0.2, 0.25) is 0 Å². The minimum absolute atomic E-state index is 0.0335. The van der Waals surface area contributed by atoms with E-state index in [4.69, 9.17) is 4.98 Å². The highest BCUT2D eigenvalue weighted by molar-refractivity contribution is 5.38. The van der Waals surface area contributed by atoms with E-state index in [9.17, 15) is 0 Å². The molecule has 9 rings (SSSR count). The summed E-state index contributed by atoms with van der Waals surface area (Å²) >= 11 is 0. The van der Waals surface area contributed by atoms with Gasteiger partial charge in [-0.2, -0.15) is 10.2 Å². The second kappa shape index (κ2) is 45.7. The van der Waals surface area contributed by atoms with E-state index in [1.165, 1.54) is 44.8 Å². The Labute approximate surface area is 781 Å². The highest BCUT2D eigenvalue weighted by atomic mass is 15.2. The molecule has 9 aromatic rings. The van der Waals surface area contributed by atoms with Crippen LogP contribution in [0.25, 0.3) is 0 Å². The van der Waals surface area contributed by atoms with Gasteiger partial charge in [0, 0.05) is 120 Å². The molecule has 0 radical (unpaired) electrons. The Kier molecular flexibility index (Phi) is 42.8. The SMILES string of the molecule is CC(C)(C)C.CC(C)(C)c1ccc(C(C)(C)C)cc1.CC(C)(C)c1ccc(C(C)(C)C)nc1.CC(C)(C)c1cccc(C(C)(C)C)n1.CC(C)(C)c1ccccc1C(C)(C)C.CC(C)(C)c1cncc(C(C)(C)C)n1.CC(C)(C)c1cncnc1.CC(C)(C)c1cnnc(C(C)(C)C)n1.CC(C)(C)c1cnnc(C(C)(C)C)n1.CC(C)(C)c1nccnc1C(C)(C)C. The molecule has 7 heterocycles. The Morgan fingerprint density at radius 1 is 0.181 bits per heavy atom. The van der Waals surface area contributed by atoms with Crippen LogP contribution in [0.15, 0.2) is 141 Å². The average Bonchev–Trinajstić information content (AvgIpc) is 0.819. The van der Waals surface area contributed by atoms with Gasteiger partial charge in [0.05, 0.1) is 46.6 Å². The van der Waals surface area contributed by atoms with Crippen molar-refractivity contribution in [2.75, 3.05) is 0 Å². The molecule has 0 aliphatic heterocycles. The van der Waals surface area contributed by atoms with Gasteiger partial charge in [0.25, 0.3) is 0 Å². The molecule has 0 unspecified atom stereocenters. The normalized spacial score (nSPS) is 12.8. The third-order valence-corrected chi connectivity index (χ3v) is 19.6. The van der Waals surface area contributed by atoms with Crippen molar-refractivity contribution in [1.29, 1.82) is 0 Å². The zero-order chi connectivity index (χ0) is 100.0. The number of hydrogen-bond acceptors (Lipinski definition) is 14. The second-order valence-corrected chi connectivity index (χ2v) is 53.2. The Balaban J connectivity index is 0.00000140. The lowest BCUT2D eigenvalue weighted by Crippen LogP contribution is -2.24. The summed E-state index contributed by atoms with van der Waals surface area (Å²) in [5, 5.41) is 16.1. The van der Waals surface area contributed by atoms with Crippen LogP contribution in [0.5, 0.6) is 0 Å². The van der Waals surface area contributed by atoms with Crippen LogP contribution < -0.4 is 0 Å². The van der Waals surface area contributed by atoms with Gasteiger partial charge in [-0.15, -0.1) is 10.2 Å². The number of nitrogens with zero attached hydrogens (tertiary/aromatic N) is 14. The fraction of sp³-hybridized carbons (Fsp3) is 0.646. The van der Waals surface area contributed by atoms with Crippen molar-refractivity contribution in [3.63, 3.8) is 0 Å². The Morgan fingerprint density at radius 3 is 0.677 bits per heavy atom. The molecule has 127 heavy (non-hydrogen) atoms. The molecular formula is C113H188N14.